The third-order valence-electron chi connectivity index (χ3n) is 14.0. The van der Waals surface area contributed by atoms with Gasteiger partial charge in [-0.2, -0.15) is 15.3 Å². The highest BCUT2D eigenvalue weighted by Crippen LogP contribution is 2.36. The van der Waals surface area contributed by atoms with Crippen molar-refractivity contribution >= 4 is 76.5 Å². The summed E-state index contributed by atoms with van der Waals surface area (Å²) in [4.78, 5) is 42.0. The quantitative estimate of drug-likeness (QED) is 0.102. The monoisotopic (exact) mass is 1020 g/mol. The van der Waals surface area contributed by atoms with E-state index < -0.39 is 5.97 Å². The lowest BCUT2D eigenvalue weighted by Gasteiger charge is -2.31. The summed E-state index contributed by atoms with van der Waals surface area (Å²) in [6, 6.07) is 25.2. The van der Waals surface area contributed by atoms with E-state index in [2.05, 4.69) is 121 Å². The molecule has 9 heterocycles. The molecular formula is C54H64N12O3S3. The number of H-pyrrole nitrogens is 3. The largest absolute Gasteiger partial charge is 0.478 e. The molecule has 5 N–H and O–H groups in total. The predicted molar refractivity (Wildman–Crippen MR) is 290 cm³/mol. The van der Waals surface area contributed by atoms with Gasteiger partial charge in [0.05, 0.1) is 68.3 Å². The summed E-state index contributed by atoms with van der Waals surface area (Å²) in [5.41, 5.74) is 10.9. The van der Waals surface area contributed by atoms with Crippen LogP contribution in [0.25, 0.3) is 30.6 Å². The number of hydrogen-bond donors (Lipinski definition) is 5. The van der Waals surface area contributed by atoms with Crippen LogP contribution >= 0.6 is 34.0 Å². The first kappa shape index (κ1) is 50.7. The van der Waals surface area contributed by atoms with Gasteiger partial charge in [0.15, 0.2) is 0 Å². The van der Waals surface area contributed by atoms with Crippen molar-refractivity contribution in [1.82, 2.24) is 60.7 Å². The third kappa shape index (κ3) is 11.8. The zero-order valence-electron chi connectivity index (χ0n) is 41.9. The molecule has 0 radical (unpaired) electrons. The fraction of sp³-hybridized carbons (Fsp3) is 0.407. The highest BCUT2D eigenvalue weighted by molar-refractivity contribution is 7.19. The number of fused-ring (bicyclic) bond motifs is 3. The number of benzene rings is 3. The van der Waals surface area contributed by atoms with E-state index in [9.17, 15) is 9.59 Å². The van der Waals surface area contributed by atoms with Gasteiger partial charge in [0, 0.05) is 60.0 Å². The molecule has 0 spiro atoms. The van der Waals surface area contributed by atoms with Crippen molar-refractivity contribution in [3.8, 4) is 0 Å². The number of carboxylic acids is 1. The molecule has 3 aliphatic heterocycles. The predicted octanol–water partition coefficient (Wildman–Crippen LogP) is 11.2. The molecule has 3 aromatic carbocycles. The maximum atomic E-state index is 12.7. The van der Waals surface area contributed by atoms with Crippen LogP contribution in [0.4, 0.5) is 0 Å². The molecule has 0 unspecified atom stereocenters. The molecule has 72 heavy (non-hydrogen) atoms. The number of aromatic carboxylic acids is 1. The van der Waals surface area contributed by atoms with Crippen molar-refractivity contribution in [2.75, 3.05) is 39.3 Å². The second-order valence-electron chi connectivity index (χ2n) is 19.0. The van der Waals surface area contributed by atoms with Crippen LogP contribution in [0, 0.1) is 41.5 Å². The number of carbonyl (C=O) groups is 2. The van der Waals surface area contributed by atoms with Gasteiger partial charge in [0.1, 0.15) is 5.56 Å². The van der Waals surface area contributed by atoms with Crippen molar-refractivity contribution in [2.45, 2.75) is 104 Å². The molecule has 3 fully saturated rings. The Kier molecular flexibility index (Phi) is 16.3. The van der Waals surface area contributed by atoms with Gasteiger partial charge in [-0.25, -0.2) is 19.7 Å². The molecule has 1 amide bonds. The van der Waals surface area contributed by atoms with Gasteiger partial charge in [0.25, 0.3) is 5.91 Å². The number of thiazole rings is 3. The van der Waals surface area contributed by atoms with Gasteiger partial charge in [-0.3, -0.25) is 25.0 Å². The van der Waals surface area contributed by atoms with Gasteiger partial charge in [-0.1, -0.05) is 36.4 Å². The Labute approximate surface area is 431 Å². The van der Waals surface area contributed by atoms with Gasteiger partial charge in [0.2, 0.25) is 0 Å². The lowest BCUT2D eigenvalue weighted by Crippen LogP contribution is -2.38. The average molecular weight is 1030 g/mol. The number of carboxylic acid groups (broad SMARTS) is 1. The summed E-state index contributed by atoms with van der Waals surface area (Å²) >= 11 is 5.52. The second kappa shape index (κ2) is 23.1. The number of rotatable bonds is 7. The van der Waals surface area contributed by atoms with Gasteiger partial charge in [-0.05, 0) is 143 Å². The van der Waals surface area contributed by atoms with E-state index in [1.807, 2.05) is 47.5 Å². The SMILES string of the molecule is Cc1n[nH]c(C)c1C(=O)N1CCC(c2nc3ccccc3s2)CC1.Cc1n[nH]c(C)c1C(=O)O.Cc1n[nH]c(C)c1CN1CCC(c2nc3ccccc3s2)CC1.c1ccc2sc(C3CCNCC3)nc2c1. The molecule has 0 saturated carbocycles. The lowest BCUT2D eigenvalue weighted by atomic mass is 9.97. The summed E-state index contributed by atoms with van der Waals surface area (Å²) in [5.74, 6) is 0.932. The Bertz CT molecular complexity index is 3090. The minimum Gasteiger partial charge on any atom is -0.478 e. The molecule has 3 aliphatic rings. The van der Waals surface area contributed by atoms with E-state index in [1.165, 1.54) is 66.1 Å². The van der Waals surface area contributed by atoms with E-state index in [-0.39, 0.29) is 11.5 Å². The fourth-order valence-corrected chi connectivity index (χ4v) is 13.3. The first-order chi connectivity index (χ1) is 34.9. The number of nitrogens with one attached hydrogen (secondary N) is 4. The molecule has 9 aromatic rings. The number of para-hydroxylation sites is 3. The number of aromatic nitrogens is 9. The van der Waals surface area contributed by atoms with Gasteiger partial charge in [-0.15, -0.1) is 34.0 Å². The molecule has 0 atom stereocenters. The molecule has 3 saturated heterocycles. The van der Waals surface area contributed by atoms with E-state index in [4.69, 9.17) is 20.1 Å². The molecule has 6 aromatic heterocycles. The van der Waals surface area contributed by atoms with E-state index in [0.29, 0.717) is 29.1 Å². The highest BCUT2D eigenvalue weighted by atomic mass is 32.1. The number of carbonyl (C=O) groups excluding carboxylic acids is 1. The van der Waals surface area contributed by atoms with Crippen molar-refractivity contribution in [3.05, 3.63) is 139 Å². The number of hydrogen-bond acceptors (Lipinski definition) is 13. The van der Waals surface area contributed by atoms with Crippen molar-refractivity contribution < 1.29 is 14.7 Å². The summed E-state index contributed by atoms with van der Waals surface area (Å²) < 4.78 is 3.89. The Morgan fingerprint density at radius 1 is 0.542 bits per heavy atom. The van der Waals surface area contributed by atoms with Gasteiger partial charge < -0.3 is 15.3 Å². The molecule has 18 heteroatoms. The van der Waals surface area contributed by atoms with Gasteiger partial charge >= 0.3 is 5.97 Å². The number of amides is 1. The van der Waals surface area contributed by atoms with Crippen molar-refractivity contribution in [2.24, 2.45) is 0 Å². The smallest absolute Gasteiger partial charge is 0.339 e. The molecular weight excluding hydrogens is 961 g/mol. The standard InChI is InChI=1S/C18H20N4OS.C18H22N4S.C12H14N2S.C6H8N2O2/c1-11-16(12(2)21-20-11)18(23)22-9-7-13(8-10-22)17-19-14-5-3-4-6-15(14)24-17;1-12-15(13(2)21-20-12)11-22-9-7-14(8-10-22)18-19-16-5-3-4-6-17(16)23-18;1-2-4-11-10(3-1)14-12(15-11)9-5-7-13-8-6-9;1-3-5(6(9)10)4(2)8-7-3/h3-6,13H,7-10H2,1-2H3,(H,20,21);3-6,14H,7-11H2,1-2H3,(H,20,21);1-4,9,13H,5-8H2;1-2H3,(H,7,8)(H,9,10). The first-order valence-electron chi connectivity index (χ1n) is 25.0. The summed E-state index contributed by atoms with van der Waals surface area (Å²) in [6.45, 7) is 18.5. The molecule has 12 rings (SSSR count). The number of piperidine rings is 3. The van der Waals surface area contributed by atoms with Crippen LogP contribution in [-0.4, -0.2) is 112 Å². The molecule has 15 nitrogen and oxygen atoms in total. The summed E-state index contributed by atoms with van der Waals surface area (Å²) in [5, 5.41) is 36.6. The van der Waals surface area contributed by atoms with Crippen molar-refractivity contribution in [3.63, 3.8) is 0 Å². The molecule has 0 aliphatic carbocycles. The maximum Gasteiger partial charge on any atom is 0.339 e. The Morgan fingerprint density at radius 3 is 1.33 bits per heavy atom. The third-order valence-corrected chi connectivity index (χ3v) is 17.6. The Balaban J connectivity index is 0.000000124. The van der Waals surface area contributed by atoms with E-state index in [0.717, 1.165) is 97.9 Å². The fourth-order valence-electron chi connectivity index (χ4n) is 9.85. The minimum atomic E-state index is -0.927. The van der Waals surface area contributed by atoms with Crippen LogP contribution in [0.1, 0.15) is 132 Å². The summed E-state index contributed by atoms with van der Waals surface area (Å²) in [6.07, 6.45) is 6.83. The Morgan fingerprint density at radius 2 is 0.944 bits per heavy atom. The van der Waals surface area contributed by atoms with Crippen LogP contribution in [0.15, 0.2) is 72.8 Å². The molecule has 0 bridgehead atoms. The highest BCUT2D eigenvalue weighted by Gasteiger charge is 2.29. The maximum absolute atomic E-state index is 12.7. The van der Waals surface area contributed by atoms with Crippen LogP contribution in [0.3, 0.4) is 0 Å². The second-order valence-corrected chi connectivity index (χ2v) is 22.2. The van der Waals surface area contributed by atoms with E-state index in [1.54, 1.807) is 25.2 Å². The van der Waals surface area contributed by atoms with Crippen molar-refractivity contribution in [1.29, 1.82) is 0 Å². The van der Waals surface area contributed by atoms with Crippen LogP contribution in [0.2, 0.25) is 0 Å². The minimum absolute atomic E-state index is 0.0986. The Hall–Kier alpha value is -6.18. The molecule has 376 valence electrons. The van der Waals surface area contributed by atoms with Crippen LogP contribution < -0.4 is 5.32 Å². The zero-order chi connectivity index (χ0) is 50.3. The zero-order valence-corrected chi connectivity index (χ0v) is 44.4. The van der Waals surface area contributed by atoms with Crippen LogP contribution in [0.5, 0.6) is 0 Å². The number of nitrogens with zero attached hydrogens (tertiary/aromatic N) is 8. The average Bonchev–Trinajstić information content (AvgIpc) is 4.28. The topological polar surface area (TPSA) is 198 Å². The van der Waals surface area contributed by atoms with Crippen LogP contribution in [-0.2, 0) is 6.54 Å². The number of likely N-dealkylation sites (tertiary alicyclic amines) is 2. The normalized spacial score (nSPS) is 16.0. The summed E-state index contributed by atoms with van der Waals surface area (Å²) in [7, 11) is 0. The van der Waals surface area contributed by atoms with E-state index >= 15 is 0 Å². The number of aromatic amines is 3. The first-order valence-corrected chi connectivity index (χ1v) is 27.4. The lowest BCUT2D eigenvalue weighted by molar-refractivity contribution is 0.0691. The number of aryl methyl sites for hydroxylation is 6.